The Bertz CT molecular complexity index is 558. The maximum atomic E-state index is 13.5. The number of halogens is 1. The molecule has 0 saturated carbocycles. The minimum Gasteiger partial charge on any atom is -0.399 e. The summed E-state index contributed by atoms with van der Waals surface area (Å²) < 4.78 is 37.2. The maximum absolute atomic E-state index is 13.5. The van der Waals surface area contributed by atoms with Gasteiger partial charge < -0.3 is 11.1 Å². The fourth-order valence-corrected chi connectivity index (χ4v) is 2.71. The van der Waals surface area contributed by atoms with Gasteiger partial charge in [-0.3, -0.25) is 4.79 Å². The highest BCUT2D eigenvalue weighted by Crippen LogP contribution is 2.18. The van der Waals surface area contributed by atoms with Crippen LogP contribution in [-0.4, -0.2) is 26.6 Å². The quantitative estimate of drug-likeness (QED) is 0.606. The van der Waals surface area contributed by atoms with Crippen LogP contribution in [0.25, 0.3) is 0 Å². The normalized spacial score (nSPS) is 11.3. The van der Waals surface area contributed by atoms with Crippen LogP contribution in [0.5, 0.6) is 0 Å². The number of hydrogen-bond acceptors (Lipinski definition) is 4. The van der Waals surface area contributed by atoms with Gasteiger partial charge in [-0.15, -0.1) is 0 Å². The minimum absolute atomic E-state index is 0.129. The molecule has 0 aromatic heterocycles. The average molecular weight is 288 g/mol. The van der Waals surface area contributed by atoms with Gasteiger partial charge in [0.25, 0.3) is 0 Å². The van der Waals surface area contributed by atoms with Crippen LogP contribution in [0, 0.1) is 5.82 Å². The molecule has 0 atom stereocenters. The number of anilines is 1. The third-order valence-corrected chi connectivity index (χ3v) is 4.11. The molecule has 1 amide bonds. The van der Waals surface area contributed by atoms with Gasteiger partial charge in [-0.05, 0) is 24.6 Å². The third-order valence-electron chi connectivity index (χ3n) is 2.46. The summed E-state index contributed by atoms with van der Waals surface area (Å²) in [6.07, 6.45) is 1.65. The van der Waals surface area contributed by atoms with Crippen molar-refractivity contribution >= 4 is 21.4 Å². The van der Waals surface area contributed by atoms with E-state index in [2.05, 4.69) is 5.32 Å². The average Bonchev–Trinajstić information content (AvgIpc) is 2.27. The summed E-state index contributed by atoms with van der Waals surface area (Å²) in [4.78, 5) is 10.9. The lowest BCUT2D eigenvalue weighted by Crippen LogP contribution is -2.31. The Morgan fingerprint density at radius 1 is 1.42 bits per heavy atom. The topological polar surface area (TPSA) is 89.3 Å². The van der Waals surface area contributed by atoms with Crippen molar-refractivity contribution < 1.29 is 17.6 Å². The fraction of sp³-hybridized carbons (Fsp3) is 0.417. The van der Waals surface area contributed by atoms with E-state index in [9.17, 15) is 17.6 Å². The summed E-state index contributed by atoms with van der Waals surface area (Å²) in [7, 11) is -3.99. The van der Waals surface area contributed by atoms with Crippen molar-refractivity contribution in [3.63, 3.8) is 0 Å². The van der Waals surface area contributed by atoms with Crippen LogP contribution >= 0.6 is 0 Å². The second-order valence-electron chi connectivity index (χ2n) is 4.15. The highest BCUT2D eigenvalue weighted by molar-refractivity contribution is 7.92. The van der Waals surface area contributed by atoms with Crippen LogP contribution in [0.15, 0.2) is 23.1 Å². The van der Waals surface area contributed by atoms with Crippen molar-refractivity contribution in [2.75, 3.05) is 18.0 Å². The Kier molecular flexibility index (Phi) is 5.29. The van der Waals surface area contributed by atoms with Crippen molar-refractivity contribution in [2.24, 2.45) is 0 Å². The van der Waals surface area contributed by atoms with E-state index in [-0.39, 0.29) is 5.69 Å². The molecule has 0 aliphatic rings. The third kappa shape index (κ3) is 4.51. The van der Waals surface area contributed by atoms with Crippen molar-refractivity contribution in [1.82, 2.24) is 5.32 Å². The molecule has 0 saturated heterocycles. The van der Waals surface area contributed by atoms with Crippen LogP contribution < -0.4 is 11.1 Å². The molecule has 0 aliphatic carbocycles. The van der Waals surface area contributed by atoms with Gasteiger partial charge in [-0.1, -0.05) is 13.3 Å². The second kappa shape index (κ2) is 6.51. The van der Waals surface area contributed by atoms with Gasteiger partial charge in [-0.25, -0.2) is 12.8 Å². The summed E-state index contributed by atoms with van der Waals surface area (Å²) in [5.41, 5.74) is 5.47. The first-order chi connectivity index (χ1) is 8.86. The van der Waals surface area contributed by atoms with E-state index in [4.69, 9.17) is 5.73 Å². The second-order valence-corrected chi connectivity index (χ2v) is 6.11. The van der Waals surface area contributed by atoms with E-state index in [0.29, 0.717) is 6.54 Å². The SMILES string of the molecule is CCCCNC(=O)CS(=O)(=O)c1ccc(N)cc1F. The molecule has 1 rings (SSSR count). The number of carbonyl (C=O) groups is 1. The molecule has 1 aromatic carbocycles. The smallest absolute Gasteiger partial charge is 0.235 e. The summed E-state index contributed by atoms with van der Waals surface area (Å²) in [5.74, 6) is -2.34. The highest BCUT2D eigenvalue weighted by atomic mass is 32.2. The Labute approximate surface area is 111 Å². The molecule has 106 valence electrons. The Morgan fingerprint density at radius 2 is 2.11 bits per heavy atom. The van der Waals surface area contributed by atoms with E-state index in [1.807, 2.05) is 6.92 Å². The van der Waals surface area contributed by atoms with Crippen molar-refractivity contribution in [3.05, 3.63) is 24.0 Å². The summed E-state index contributed by atoms with van der Waals surface area (Å²) in [6, 6.07) is 3.27. The molecule has 0 unspecified atom stereocenters. The summed E-state index contributed by atoms with van der Waals surface area (Å²) >= 11 is 0. The molecule has 0 heterocycles. The van der Waals surface area contributed by atoms with Crippen LogP contribution in [0.3, 0.4) is 0 Å². The van der Waals surface area contributed by atoms with Gasteiger partial charge in [0.2, 0.25) is 5.91 Å². The fourth-order valence-electron chi connectivity index (χ4n) is 1.48. The highest BCUT2D eigenvalue weighted by Gasteiger charge is 2.22. The monoisotopic (exact) mass is 288 g/mol. The molecule has 1 aromatic rings. The minimum atomic E-state index is -3.99. The Morgan fingerprint density at radius 3 is 2.68 bits per heavy atom. The molecule has 0 fully saturated rings. The van der Waals surface area contributed by atoms with Crippen molar-refractivity contribution in [1.29, 1.82) is 0 Å². The van der Waals surface area contributed by atoms with E-state index in [0.717, 1.165) is 25.0 Å². The Balaban J connectivity index is 2.78. The van der Waals surface area contributed by atoms with Crippen molar-refractivity contribution in [3.8, 4) is 0 Å². The van der Waals surface area contributed by atoms with Gasteiger partial charge in [0.05, 0.1) is 0 Å². The van der Waals surface area contributed by atoms with Gasteiger partial charge in [0.15, 0.2) is 9.84 Å². The number of hydrogen-bond donors (Lipinski definition) is 2. The number of rotatable bonds is 6. The molecule has 0 spiro atoms. The van der Waals surface area contributed by atoms with Gasteiger partial charge >= 0.3 is 0 Å². The van der Waals surface area contributed by atoms with Crippen LogP contribution in [0.2, 0.25) is 0 Å². The lowest BCUT2D eigenvalue weighted by Gasteiger charge is -2.07. The number of benzene rings is 1. The van der Waals surface area contributed by atoms with E-state index < -0.39 is 32.2 Å². The largest absolute Gasteiger partial charge is 0.399 e. The molecule has 0 aliphatic heterocycles. The molecule has 19 heavy (non-hydrogen) atoms. The molecule has 0 radical (unpaired) electrons. The molecule has 5 nitrogen and oxygen atoms in total. The predicted molar refractivity (Wildman–Crippen MR) is 70.8 cm³/mol. The maximum Gasteiger partial charge on any atom is 0.235 e. The number of nitrogens with two attached hydrogens (primary N) is 1. The van der Waals surface area contributed by atoms with Crippen molar-refractivity contribution in [2.45, 2.75) is 24.7 Å². The summed E-state index contributed by atoms with van der Waals surface area (Å²) in [5, 5.41) is 2.48. The zero-order valence-corrected chi connectivity index (χ0v) is 11.5. The predicted octanol–water partition coefficient (Wildman–Crippen LogP) is 1.10. The zero-order chi connectivity index (χ0) is 14.5. The number of amides is 1. The van der Waals surface area contributed by atoms with Crippen LogP contribution in [0.4, 0.5) is 10.1 Å². The lowest BCUT2D eigenvalue weighted by molar-refractivity contribution is -0.118. The van der Waals surface area contributed by atoms with E-state index in [1.54, 1.807) is 0 Å². The lowest BCUT2D eigenvalue weighted by atomic mass is 10.3. The number of sulfone groups is 1. The van der Waals surface area contributed by atoms with Gasteiger partial charge in [0.1, 0.15) is 16.5 Å². The summed E-state index contributed by atoms with van der Waals surface area (Å²) in [6.45, 7) is 2.36. The van der Waals surface area contributed by atoms with E-state index >= 15 is 0 Å². The Hall–Kier alpha value is -1.63. The first-order valence-corrected chi connectivity index (χ1v) is 7.56. The van der Waals surface area contributed by atoms with E-state index in [1.165, 1.54) is 6.07 Å². The molecular formula is C12H17FN2O3S. The number of nitrogen functional groups attached to an aromatic ring is 1. The van der Waals surface area contributed by atoms with Gasteiger partial charge in [-0.2, -0.15) is 0 Å². The molecule has 3 N–H and O–H groups in total. The molecule has 0 bridgehead atoms. The number of nitrogens with one attached hydrogen (secondary N) is 1. The number of unbranched alkanes of at least 4 members (excludes halogenated alkanes) is 1. The molecule has 7 heteroatoms. The standard InChI is InChI=1S/C12H17FN2O3S/c1-2-3-6-15-12(16)8-19(17,18)11-5-4-9(14)7-10(11)13/h4-5,7H,2-3,6,8,14H2,1H3,(H,15,16). The first kappa shape index (κ1) is 15.4. The molecular weight excluding hydrogens is 271 g/mol. The van der Waals surface area contributed by atoms with Crippen LogP contribution in [0.1, 0.15) is 19.8 Å². The zero-order valence-electron chi connectivity index (χ0n) is 10.6. The first-order valence-electron chi connectivity index (χ1n) is 5.91. The van der Waals surface area contributed by atoms with Crippen LogP contribution in [-0.2, 0) is 14.6 Å². The van der Waals surface area contributed by atoms with Gasteiger partial charge in [0, 0.05) is 12.2 Å². The number of carbonyl (C=O) groups excluding carboxylic acids is 1.